The van der Waals surface area contributed by atoms with Crippen LogP contribution < -0.4 is 9.47 Å². The monoisotopic (exact) mass is 423 g/mol. The Morgan fingerprint density at radius 1 is 1.10 bits per heavy atom. The summed E-state index contributed by atoms with van der Waals surface area (Å²) in [6.07, 6.45) is 5.67. The van der Waals surface area contributed by atoms with Crippen LogP contribution >= 0.6 is 0 Å². The molecule has 0 bridgehead atoms. The lowest BCUT2D eigenvalue weighted by Gasteiger charge is -2.52. The molecule has 1 N–H and O–H groups in total. The highest BCUT2D eigenvalue weighted by Crippen LogP contribution is 2.51. The SMILES string of the molecule is COc1ccc([C@H]2[C@@H]3CCCC[C@@]3(O)CCN2C(=O)CCc2ccccc2)c(OC)c1. The van der Waals surface area contributed by atoms with Crippen LogP contribution in [0.15, 0.2) is 48.5 Å². The Morgan fingerprint density at radius 2 is 1.90 bits per heavy atom. The summed E-state index contributed by atoms with van der Waals surface area (Å²) in [5, 5.41) is 11.5. The van der Waals surface area contributed by atoms with Crippen LogP contribution in [-0.4, -0.2) is 42.3 Å². The number of methoxy groups -OCH3 is 2. The van der Waals surface area contributed by atoms with Gasteiger partial charge in [0.15, 0.2) is 0 Å². The molecular formula is C26H33NO4. The number of hydrogen-bond donors (Lipinski definition) is 1. The summed E-state index contributed by atoms with van der Waals surface area (Å²) >= 11 is 0. The zero-order valence-corrected chi connectivity index (χ0v) is 18.5. The molecule has 2 aliphatic rings. The topological polar surface area (TPSA) is 59.0 Å². The first kappa shape index (κ1) is 21.7. The second-order valence-electron chi connectivity index (χ2n) is 8.83. The van der Waals surface area contributed by atoms with E-state index in [9.17, 15) is 9.90 Å². The zero-order chi connectivity index (χ0) is 21.8. The molecule has 2 fully saturated rings. The minimum absolute atomic E-state index is 0.0120. The lowest BCUT2D eigenvalue weighted by atomic mass is 9.66. The predicted molar refractivity (Wildman–Crippen MR) is 120 cm³/mol. The summed E-state index contributed by atoms with van der Waals surface area (Å²) in [5.41, 5.74) is 1.41. The number of aryl methyl sites for hydroxylation is 1. The van der Waals surface area contributed by atoms with Gasteiger partial charge in [0, 0.05) is 30.5 Å². The van der Waals surface area contributed by atoms with Crippen molar-refractivity contribution in [2.75, 3.05) is 20.8 Å². The molecule has 31 heavy (non-hydrogen) atoms. The van der Waals surface area contributed by atoms with Crippen molar-refractivity contribution in [3.63, 3.8) is 0 Å². The first-order chi connectivity index (χ1) is 15.1. The molecule has 1 aliphatic heterocycles. The van der Waals surface area contributed by atoms with Gasteiger partial charge in [0.2, 0.25) is 5.91 Å². The van der Waals surface area contributed by atoms with Gasteiger partial charge >= 0.3 is 0 Å². The maximum absolute atomic E-state index is 13.4. The largest absolute Gasteiger partial charge is 0.497 e. The minimum atomic E-state index is -0.718. The molecule has 1 saturated carbocycles. The Bertz CT molecular complexity index is 900. The van der Waals surface area contributed by atoms with Gasteiger partial charge in [-0.1, -0.05) is 43.2 Å². The fraction of sp³-hybridized carbons (Fsp3) is 0.500. The quantitative estimate of drug-likeness (QED) is 0.742. The van der Waals surface area contributed by atoms with Crippen molar-refractivity contribution in [1.82, 2.24) is 4.90 Å². The van der Waals surface area contributed by atoms with Crippen molar-refractivity contribution in [2.24, 2.45) is 5.92 Å². The average Bonchev–Trinajstić information content (AvgIpc) is 2.81. The molecule has 0 aromatic heterocycles. The Morgan fingerprint density at radius 3 is 2.65 bits per heavy atom. The van der Waals surface area contributed by atoms with E-state index in [0.717, 1.165) is 43.4 Å². The maximum atomic E-state index is 13.4. The number of benzene rings is 2. The minimum Gasteiger partial charge on any atom is -0.497 e. The van der Waals surface area contributed by atoms with E-state index >= 15 is 0 Å². The lowest BCUT2D eigenvalue weighted by molar-refractivity contribution is -0.155. The van der Waals surface area contributed by atoms with E-state index in [4.69, 9.17) is 9.47 Å². The average molecular weight is 424 g/mol. The molecule has 1 saturated heterocycles. The summed E-state index contributed by atoms with van der Waals surface area (Å²) in [6, 6.07) is 15.7. The van der Waals surface area contributed by atoms with Crippen molar-refractivity contribution in [3.05, 3.63) is 59.7 Å². The highest BCUT2D eigenvalue weighted by atomic mass is 16.5. The third kappa shape index (κ3) is 4.42. The van der Waals surface area contributed by atoms with Crippen molar-refractivity contribution in [1.29, 1.82) is 0 Å². The van der Waals surface area contributed by atoms with Crippen molar-refractivity contribution in [3.8, 4) is 11.5 Å². The van der Waals surface area contributed by atoms with Gasteiger partial charge in [-0.2, -0.15) is 0 Å². The van der Waals surface area contributed by atoms with E-state index < -0.39 is 5.60 Å². The molecule has 4 rings (SSSR count). The van der Waals surface area contributed by atoms with E-state index in [1.807, 2.05) is 41.3 Å². The van der Waals surface area contributed by atoms with Crippen LogP contribution in [0.4, 0.5) is 0 Å². The van der Waals surface area contributed by atoms with E-state index in [1.54, 1.807) is 14.2 Å². The Kier molecular flexibility index (Phi) is 6.51. The highest BCUT2D eigenvalue weighted by Gasteiger charge is 2.50. The fourth-order valence-corrected chi connectivity index (χ4v) is 5.45. The molecule has 0 spiro atoms. The summed E-state index contributed by atoms with van der Waals surface area (Å²) in [7, 11) is 3.28. The van der Waals surface area contributed by atoms with Gasteiger partial charge in [-0.15, -0.1) is 0 Å². The van der Waals surface area contributed by atoms with Crippen LogP contribution in [0, 0.1) is 5.92 Å². The third-order valence-electron chi connectivity index (χ3n) is 7.12. The molecular weight excluding hydrogens is 390 g/mol. The second kappa shape index (κ2) is 9.31. The highest BCUT2D eigenvalue weighted by molar-refractivity contribution is 5.77. The molecule has 166 valence electrons. The van der Waals surface area contributed by atoms with Gasteiger partial charge < -0.3 is 19.5 Å². The van der Waals surface area contributed by atoms with Gasteiger partial charge in [0.25, 0.3) is 0 Å². The Balaban J connectivity index is 1.66. The molecule has 3 atom stereocenters. The number of rotatable bonds is 6. The van der Waals surface area contributed by atoms with Gasteiger partial charge in [-0.05, 0) is 43.4 Å². The first-order valence-corrected chi connectivity index (χ1v) is 11.3. The van der Waals surface area contributed by atoms with E-state index in [-0.39, 0.29) is 17.9 Å². The van der Waals surface area contributed by atoms with Crippen molar-refractivity contribution >= 4 is 5.91 Å². The summed E-state index contributed by atoms with van der Waals surface area (Å²) in [4.78, 5) is 15.4. The van der Waals surface area contributed by atoms with Crippen LogP contribution in [0.1, 0.15) is 55.7 Å². The number of fused-ring (bicyclic) bond motifs is 1. The Hall–Kier alpha value is -2.53. The molecule has 0 radical (unpaired) electrons. The normalized spacial score (nSPS) is 25.6. The summed E-state index contributed by atoms with van der Waals surface area (Å²) in [6.45, 7) is 0.570. The number of hydrogen-bond acceptors (Lipinski definition) is 4. The number of amides is 1. The molecule has 1 heterocycles. The lowest BCUT2D eigenvalue weighted by Crippen LogP contribution is -2.56. The molecule has 5 heteroatoms. The number of nitrogens with zero attached hydrogens (tertiary/aromatic N) is 1. The number of ether oxygens (including phenoxy) is 2. The molecule has 0 unspecified atom stereocenters. The van der Waals surface area contributed by atoms with Crippen molar-refractivity contribution in [2.45, 2.75) is 56.6 Å². The number of aliphatic hydroxyl groups is 1. The second-order valence-corrected chi connectivity index (χ2v) is 8.83. The van der Waals surface area contributed by atoms with E-state index in [0.29, 0.717) is 25.1 Å². The van der Waals surface area contributed by atoms with E-state index in [1.165, 1.54) is 5.56 Å². The van der Waals surface area contributed by atoms with Gasteiger partial charge in [-0.25, -0.2) is 0 Å². The van der Waals surface area contributed by atoms with Crippen molar-refractivity contribution < 1.29 is 19.4 Å². The number of likely N-dealkylation sites (tertiary alicyclic amines) is 1. The maximum Gasteiger partial charge on any atom is 0.223 e. The van der Waals surface area contributed by atoms with Crippen LogP contribution in [-0.2, 0) is 11.2 Å². The number of piperidine rings is 1. The van der Waals surface area contributed by atoms with Gasteiger partial charge in [-0.3, -0.25) is 4.79 Å². The smallest absolute Gasteiger partial charge is 0.223 e. The summed E-state index contributed by atoms with van der Waals surface area (Å²) in [5.74, 6) is 1.58. The molecule has 2 aromatic rings. The summed E-state index contributed by atoms with van der Waals surface area (Å²) < 4.78 is 11.1. The number of carbonyl (C=O) groups is 1. The standard InChI is InChI=1S/C26H33NO4/c1-30-20-12-13-21(23(18-20)31-2)25-22-10-6-7-15-26(22,29)16-17-27(25)24(28)14-11-19-8-4-3-5-9-19/h3-5,8-9,12-13,18,22,25,29H,6-7,10-11,14-17H2,1-2H3/t22-,25-,26+/m0/s1. The molecule has 1 amide bonds. The van der Waals surface area contributed by atoms with Crippen LogP contribution in [0.2, 0.25) is 0 Å². The molecule has 2 aromatic carbocycles. The molecule has 1 aliphatic carbocycles. The Labute approximate surface area is 185 Å². The number of carbonyl (C=O) groups excluding carboxylic acids is 1. The predicted octanol–water partition coefficient (Wildman–Crippen LogP) is 4.53. The van der Waals surface area contributed by atoms with Crippen LogP contribution in [0.25, 0.3) is 0 Å². The molecule has 5 nitrogen and oxygen atoms in total. The van der Waals surface area contributed by atoms with Crippen LogP contribution in [0.3, 0.4) is 0 Å². The zero-order valence-electron chi connectivity index (χ0n) is 18.5. The van der Waals surface area contributed by atoms with Gasteiger partial charge in [0.05, 0.1) is 25.9 Å². The first-order valence-electron chi connectivity index (χ1n) is 11.3. The third-order valence-corrected chi connectivity index (χ3v) is 7.12. The van der Waals surface area contributed by atoms with Gasteiger partial charge in [0.1, 0.15) is 11.5 Å². The van der Waals surface area contributed by atoms with Crippen LogP contribution in [0.5, 0.6) is 11.5 Å². The van der Waals surface area contributed by atoms with E-state index in [2.05, 4.69) is 12.1 Å². The fourth-order valence-electron chi connectivity index (χ4n) is 5.45.